The minimum Gasteiger partial charge on any atom is -0.367 e. The molecule has 24 heavy (non-hydrogen) atoms. The Labute approximate surface area is 143 Å². The Hall–Kier alpha value is -2.43. The molecule has 1 aliphatic rings. The molecule has 1 heterocycles. The summed E-state index contributed by atoms with van der Waals surface area (Å²) < 4.78 is 0. The fraction of sp³-hybridized carbons (Fsp3) is 0.421. The molecule has 1 amide bonds. The van der Waals surface area contributed by atoms with Crippen LogP contribution in [0, 0.1) is 0 Å². The molecule has 1 aromatic heterocycles. The normalized spacial score (nSPS) is 14.5. The largest absolute Gasteiger partial charge is 0.367 e. The summed E-state index contributed by atoms with van der Waals surface area (Å²) in [5.41, 5.74) is 1.56. The Morgan fingerprint density at radius 2 is 1.96 bits per heavy atom. The smallest absolute Gasteiger partial charge is 0.272 e. The van der Waals surface area contributed by atoms with Gasteiger partial charge in [0.05, 0.1) is 0 Å². The standard InChI is InChI=1S/C19H24N4O/c1-2-23(13-15-8-4-3-5-9-15)19(24)17-12-18(21-14-20-17)22-16-10-6-7-11-16/h3-5,8-9,12,14,16H,2,6-7,10-11,13H2,1H3,(H,20,21,22). The van der Waals surface area contributed by atoms with Crippen LogP contribution >= 0.6 is 0 Å². The Morgan fingerprint density at radius 1 is 1.21 bits per heavy atom. The van der Waals surface area contributed by atoms with E-state index in [4.69, 9.17) is 0 Å². The second-order valence-corrected chi connectivity index (χ2v) is 6.22. The van der Waals surface area contributed by atoms with Gasteiger partial charge in [-0.15, -0.1) is 0 Å². The number of anilines is 1. The van der Waals surface area contributed by atoms with Crippen molar-refractivity contribution in [2.24, 2.45) is 0 Å². The zero-order valence-corrected chi connectivity index (χ0v) is 14.1. The molecule has 0 spiro atoms. The number of rotatable bonds is 6. The van der Waals surface area contributed by atoms with Crippen molar-refractivity contribution >= 4 is 11.7 Å². The first-order valence-electron chi connectivity index (χ1n) is 8.68. The quantitative estimate of drug-likeness (QED) is 0.883. The van der Waals surface area contributed by atoms with Crippen LogP contribution in [-0.4, -0.2) is 33.4 Å². The average Bonchev–Trinajstić information content (AvgIpc) is 3.13. The minimum absolute atomic E-state index is 0.0572. The summed E-state index contributed by atoms with van der Waals surface area (Å²) in [6, 6.07) is 12.3. The molecular weight excluding hydrogens is 300 g/mol. The van der Waals surface area contributed by atoms with Gasteiger partial charge in [-0.1, -0.05) is 43.2 Å². The number of aromatic nitrogens is 2. The van der Waals surface area contributed by atoms with Crippen LogP contribution in [0.15, 0.2) is 42.7 Å². The SMILES string of the molecule is CCN(Cc1ccccc1)C(=O)c1cc(NC2CCCC2)ncn1. The van der Waals surface area contributed by atoms with E-state index in [0.29, 0.717) is 24.8 Å². The first kappa shape index (κ1) is 16.4. The molecule has 0 bridgehead atoms. The first-order valence-corrected chi connectivity index (χ1v) is 8.68. The third kappa shape index (κ3) is 4.10. The van der Waals surface area contributed by atoms with Crippen LogP contribution in [0.2, 0.25) is 0 Å². The molecule has 0 unspecified atom stereocenters. The van der Waals surface area contributed by atoms with Crippen molar-refractivity contribution in [3.63, 3.8) is 0 Å². The zero-order chi connectivity index (χ0) is 16.8. The van der Waals surface area contributed by atoms with Gasteiger partial charge in [-0.2, -0.15) is 0 Å². The van der Waals surface area contributed by atoms with E-state index >= 15 is 0 Å². The van der Waals surface area contributed by atoms with Crippen molar-refractivity contribution in [3.05, 3.63) is 54.0 Å². The van der Waals surface area contributed by atoms with E-state index in [1.165, 1.54) is 32.0 Å². The molecule has 1 aromatic carbocycles. The van der Waals surface area contributed by atoms with Crippen LogP contribution in [-0.2, 0) is 6.54 Å². The molecular formula is C19H24N4O. The van der Waals surface area contributed by atoms with E-state index in [2.05, 4.69) is 15.3 Å². The van der Waals surface area contributed by atoms with Crippen LogP contribution in [0.5, 0.6) is 0 Å². The van der Waals surface area contributed by atoms with E-state index in [1.807, 2.05) is 37.3 Å². The van der Waals surface area contributed by atoms with Crippen LogP contribution in [0.25, 0.3) is 0 Å². The van der Waals surface area contributed by atoms with E-state index < -0.39 is 0 Å². The number of benzene rings is 1. The molecule has 5 nitrogen and oxygen atoms in total. The van der Waals surface area contributed by atoms with Gasteiger partial charge in [0.15, 0.2) is 0 Å². The van der Waals surface area contributed by atoms with Crippen molar-refractivity contribution in [2.75, 3.05) is 11.9 Å². The summed E-state index contributed by atoms with van der Waals surface area (Å²) in [6.07, 6.45) is 6.33. The van der Waals surface area contributed by atoms with Crippen molar-refractivity contribution < 1.29 is 4.79 Å². The number of nitrogens with one attached hydrogen (secondary N) is 1. The summed E-state index contributed by atoms with van der Waals surface area (Å²) in [5.74, 6) is 0.689. The molecule has 1 aliphatic carbocycles. The number of carbonyl (C=O) groups is 1. The fourth-order valence-corrected chi connectivity index (χ4v) is 3.13. The van der Waals surface area contributed by atoms with Gasteiger partial charge in [0.1, 0.15) is 17.8 Å². The van der Waals surface area contributed by atoms with Gasteiger partial charge in [0, 0.05) is 25.2 Å². The van der Waals surface area contributed by atoms with E-state index in [-0.39, 0.29) is 5.91 Å². The Kier molecular flexibility index (Phi) is 5.41. The van der Waals surface area contributed by atoms with E-state index in [1.54, 1.807) is 11.0 Å². The molecule has 1 N–H and O–H groups in total. The number of hydrogen-bond donors (Lipinski definition) is 1. The van der Waals surface area contributed by atoms with Gasteiger partial charge in [0.25, 0.3) is 5.91 Å². The van der Waals surface area contributed by atoms with Crippen LogP contribution < -0.4 is 5.32 Å². The Balaban J connectivity index is 1.70. The molecule has 0 atom stereocenters. The maximum absolute atomic E-state index is 12.8. The molecule has 1 fully saturated rings. The van der Waals surface area contributed by atoms with Gasteiger partial charge in [-0.3, -0.25) is 4.79 Å². The zero-order valence-electron chi connectivity index (χ0n) is 14.1. The van der Waals surface area contributed by atoms with E-state index in [9.17, 15) is 4.79 Å². The molecule has 0 aliphatic heterocycles. The lowest BCUT2D eigenvalue weighted by Crippen LogP contribution is -2.31. The topological polar surface area (TPSA) is 58.1 Å². The summed E-state index contributed by atoms with van der Waals surface area (Å²) in [6.45, 7) is 3.22. The van der Waals surface area contributed by atoms with Crippen molar-refractivity contribution in [1.29, 1.82) is 0 Å². The maximum atomic E-state index is 12.8. The number of carbonyl (C=O) groups excluding carboxylic acids is 1. The Morgan fingerprint density at radius 3 is 2.67 bits per heavy atom. The van der Waals surface area contributed by atoms with Gasteiger partial charge < -0.3 is 10.2 Å². The lowest BCUT2D eigenvalue weighted by Gasteiger charge is -2.21. The van der Waals surface area contributed by atoms with Crippen LogP contribution in [0.3, 0.4) is 0 Å². The van der Waals surface area contributed by atoms with Gasteiger partial charge in [-0.25, -0.2) is 9.97 Å². The van der Waals surface area contributed by atoms with Gasteiger partial charge in [-0.05, 0) is 25.3 Å². The molecule has 0 saturated heterocycles. The van der Waals surface area contributed by atoms with Crippen molar-refractivity contribution in [1.82, 2.24) is 14.9 Å². The Bertz CT molecular complexity index is 668. The monoisotopic (exact) mass is 324 g/mol. The fourth-order valence-electron chi connectivity index (χ4n) is 3.13. The van der Waals surface area contributed by atoms with E-state index in [0.717, 1.165) is 11.4 Å². The molecule has 2 aromatic rings. The predicted octanol–water partition coefficient (Wildman–Crippen LogP) is 3.49. The van der Waals surface area contributed by atoms with Gasteiger partial charge >= 0.3 is 0 Å². The van der Waals surface area contributed by atoms with Gasteiger partial charge in [0.2, 0.25) is 0 Å². The summed E-state index contributed by atoms with van der Waals surface area (Å²) in [7, 11) is 0. The molecule has 1 saturated carbocycles. The number of nitrogens with zero attached hydrogens (tertiary/aromatic N) is 3. The molecule has 126 valence electrons. The second kappa shape index (κ2) is 7.90. The number of hydrogen-bond acceptors (Lipinski definition) is 4. The molecule has 5 heteroatoms. The predicted molar refractivity (Wildman–Crippen MR) is 94.8 cm³/mol. The third-order valence-corrected chi connectivity index (χ3v) is 4.48. The highest BCUT2D eigenvalue weighted by atomic mass is 16.2. The van der Waals surface area contributed by atoms with Crippen molar-refractivity contribution in [2.45, 2.75) is 45.2 Å². The summed E-state index contributed by atoms with van der Waals surface area (Å²) >= 11 is 0. The highest BCUT2D eigenvalue weighted by Gasteiger charge is 2.19. The van der Waals surface area contributed by atoms with Crippen LogP contribution in [0.4, 0.5) is 5.82 Å². The summed E-state index contributed by atoms with van der Waals surface area (Å²) in [4.78, 5) is 23.0. The molecule has 3 rings (SSSR count). The molecule has 0 radical (unpaired) electrons. The lowest BCUT2D eigenvalue weighted by molar-refractivity contribution is 0.0746. The lowest BCUT2D eigenvalue weighted by atomic mass is 10.2. The minimum atomic E-state index is -0.0572. The maximum Gasteiger partial charge on any atom is 0.272 e. The second-order valence-electron chi connectivity index (χ2n) is 6.22. The summed E-state index contributed by atoms with van der Waals surface area (Å²) in [5, 5.41) is 3.42. The number of amides is 1. The third-order valence-electron chi connectivity index (χ3n) is 4.48. The van der Waals surface area contributed by atoms with Crippen molar-refractivity contribution in [3.8, 4) is 0 Å². The highest BCUT2D eigenvalue weighted by molar-refractivity contribution is 5.92. The first-order chi connectivity index (χ1) is 11.8. The highest BCUT2D eigenvalue weighted by Crippen LogP contribution is 2.21. The average molecular weight is 324 g/mol. The van der Waals surface area contributed by atoms with Crippen LogP contribution in [0.1, 0.15) is 48.7 Å².